The molecule has 180 valence electrons. The lowest BCUT2D eigenvalue weighted by atomic mass is 9.91. The number of H-pyrrole nitrogens is 1. The molecule has 0 aliphatic carbocycles. The minimum absolute atomic E-state index is 0.0606. The maximum atomic E-state index is 13.6. The Morgan fingerprint density at radius 3 is 2.65 bits per heavy atom. The lowest BCUT2D eigenvalue weighted by Crippen LogP contribution is -2.37. The van der Waals surface area contributed by atoms with Gasteiger partial charge in [-0.05, 0) is 28.8 Å². The van der Waals surface area contributed by atoms with Crippen LogP contribution in [0, 0.1) is 5.92 Å². The fourth-order valence-electron chi connectivity index (χ4n) is 4.34. The third-order valence-electron chi connectivity index (χ3n) is 6.11. The minimum Gasteiger partial charge on any atom is -0.479 e. The van der Waals surface area contributed by atoms with Gasteiger partial charge in [0.05, 0.1) is 31.1 Å². The van der Waals surface area contributed by atoms with E-state index in [2.05, 4.69) is 20.4 Å². The Balaban J connectivity index is 1.58. The summed E-state index contributed by atoms with van der Waals surface area (Å²) in [6.45, 7) is 4.08. The third-order valence-corrected chi connectivity index (χ3v) is 6.11. The van der Waals surface area contributed by atoms with Gasteiger partial charge in [0.1, 0.15) is 11.7 Å². The van der Waals surface area contributed by atoms with Gasteiger partial charge in [-0.3, -0.25) is 9.59 Å². The molecular formula is C24H29N5O5. The molecule has 1 aromatic carbocycles. The molecule has 10 heteroatoms. The monoisotopic (exact) mass is 467 g/mol. The largest absolute Gasteiger partial charge is 0.479 e. The predicted octanol–water partition coefficient (Wildman–Crippen LogP) is 2.51. The number of rotatable bonds is 7. The number of ether oxygens (including phenoxy) is 1. The molecular weight excluding hydrogens is 438 g/mol. The number of methoxy groups -OCH3 is 1. The van der Waals surface area contributed by atoms with Gasteiger partial charge in [0.15, 0.2) is 5.76 Å². The van der Waals surface area contributed by atoms with Crippen molar-refractivity contribution in [1.82, 2.24) is 25.3 Å². The number of aromatic nitrogens is 3. The van der Waals surface area contributed by atoms with E-state index in [1.807, 2.05) is 26.0 Å². The molecule has 1 unspecified atom stereocenters. The molecule has 0 radical (unpaired) electrons. The summed E-state index contributed by atoms with van der Waals surface area (Å²) < 4.78 is 10.5. The molecule has 3 atom stereocenters. The summed E-state index contributed by atoms with van der Waals surface area (Å²) in [6, 6.07) is 8.36. The van der Waals surface area contributed by atoms with Crippen LogP contribution in [0.4, 0.5) is 0 Å². The van der Waals surface area contributed by atoms with Crippen LogP contribution < -0.4 is 10.1 Å². The van der Waals surface area contributed by atoms with Gasteiger partial charge in [-0.1, -0.05) is 26.0 Å². The van der Waals surface area contributed by atoms with E-state index in [1.165, 1.54) is 7.11 Å². The van der Waals surface area contributed by atoms with Crippen LogP contribution in [-0.2, 0) is 4.79 Å². The molecule has 1 aliphatic heterocycles. The Labute approximate surface area is 197 Å². The van der Waals surface area contributed by atoms with Crippen LogP contribution in [0.1, 0.15) is 54.2 Å². The normalized spacial score (nSPS) is 18.8. The zero-order valence-corrected chi connectivity index (χ0v) is 19.6. The second-order valence-corrected chi connectivity index (χ2v) is 8.73. The molecule has 3 N–H and O–H groups in total. The predicted molar refractivity (Wildman–Crippen MR) is 123 cm³/mol. The smallest absolute Gasteiger partial charge is 0.254 e. The number of benzene rings is 1. The summed E-state index contributed by atoms with van der Waals surface area (Å²) in [5.41, 5.74) is 2.18. The van der Waals surface area contributed by atoms with E-state index in [-0.39, 0.29) is 24.3 Å². The summed E-state index contributed by atoms with van der Waals surface area (Å²) in [6.07, 6.45) is 1.41. The lowest BCUT2D eigenvalue weighted by molar-refractivity contribution is -0.135. The molecule has 1 fully saturated rings. The number of likely N-dealkylation sites (tertiary alicyclic amines) is 1. The van der Waals surface area contributed by atoms with Gasteiger partial charge in [-0.15, -0.1) is 0 Å². The molecule has 3 aromatic rings. The Morgan fingerprint density at radius 1 is 1.29 bits per heavy atom. The van der Waals surface area contributed by atoms with Crippen molar-refractivity contribution < 1.29 is 24.0 Å². The van der Waals surface area contributed by atoms with Gasteiger partial charge in [0.2, 0.25) is 5.91 Å². The van der Waals surface area contributed by atoms with Crippen LogP contribution in [0.25, 0.3) is 11.3 Å². The minimum atomic E-state index is -0.661. The molecule has 3 heterocycles. The van der Waals surface area contributed by atoms with Crippen molar-refractivity contribution in [2.75, 3.05) is 20.7 Å². The van der Waals surface area contributed by atoms with Crippen molar-refractivity contribution >= 4 is 11.8 Å². The van der Waals surface area contributed by atoms with Gasteiger partial charge >= 0.3 is 0 Å². The van der Waals surface area contributed by atoms with Crippen molar-refractivity contribution in [2.45, 2.75) is 38.3 Å². The number of imidazole rings is 1. The van der Waals surface area contributed by atoms with Crippen LogP contribution in [0.5, 0.6) is 5.88 Å². The molecule has 0 spiro atoms. The maximum Gasteiger partial charge on any atom is 0.254 e. The van der Waals surface area contributed by atoms with Gasteiger partial charge in [0.25, 0.3) is 11.8 Å². The highest BCUT2D eigenvalue weighted by Gasteiger charge is 2.42. The Morgan fingerprint density at radius 2 is 2.03 bits per heavy atom. The Hall–Kier alpha value is -3.66. The van der Waals surface area contributed by atoms with Crippen molar-refractivity contribution in [2.24, 2.45) is 5.92 Å². The zero-order chi connectivity index (χ0) is 24.4. The first-order valence-electron chi connectivity index (χ1n) is 11.2. The number of β-amino-alcohol motifs (C(OH)–C–C–N with tert-alkyl or cyclic N) is 1. The second-order valence-electron chi connectivity index (χ2n) is 8.73. The quantitative estimate of drug-likeness (QED) is 0.486. The number of nitrogens with zero attached hydrogens (tertiary/aromatic N) is 3. The van der Waals surface area contributed by atoms with Crippen LogP contribution in [-0.4, -0.2) is 63.8 Å². The van der Waals surface area contributed by atoms with Gasteiger partial charge in [-0.2, -0.15) is 0 Å². The molecule has 4 rings (SSSR count). The molecule has 0 saturated carbocycles. The first-order valence-corrected chi connectivity index (χ1v) is 11.2. The standard InChI is InChI=1S/C24H29N5O5/c1-13(2)21(19-10-20(33-4)28-34-19)24(32)29-12-16(30)9-18(29)22-26-11-17(27-22)14-5-7-15(8-6-14)23(31)25-3/h5-8,10-11,13,16,18,21,30H,9,12H2,1-4H3,(H,25,31)(H,26,27)/t16-,18+,21?/m1/s1. The number of carbonyl (C=O) groups is 2. The van der Waals surface area contributed by atoms with E-state index in [0.717, 1.165) is 11.3 Å². The first-order chi connectivity index (χ1) is 16.3. The van der Waals surface area contributed by atoms with Crippen LogP contribution in [0.3, 0.4) is 0 Å². The second kappa shape index (κ2) is 9.68. The summed E-state index contributed by atoms with van der Waals surface area (Å²) in [4.78, 5) is 34.9. The fraction of sp³-hybridized carbons (Fsp3) is 0.417. The average Bonchev–Trinajstić information content (AvgIpc) is 3.58. The summed E-state index contributed by atoms with van der Waals surface area (Å²) in [5, 5.41) is 16.8. The van der Waals surface area contributed by atoms with Crippen molar-refractivity contribution in [1.29, 1.82) is 0 Å². The molecule has 0 bridgehead atoms. The number of nitrogens with one attached hydrogen (secondary N) is 2. The van der Waals surface area contributed by atoms with Crippen LogP contribution in [0.15, 0.2) is 41.1 Å². The molecule has 1 saturated heterocycles. The summed E-state index contributed by atoms with van der Waals surface area (Å²) in [5.74, 6) is 0.370. The Kier molecular flexibility index (Phi) is 6.69. The molecule has 2 aromatic heterocycles. The number of aliphatic hydroxyl groups is 1. The van der Waals surface area contributed by atoms with Crippen molar-refractivity contribution in [3.8, 4) is 17.1 Å². The number of aliphatic hydroxyl groups excluding tert-OH is 1. The van der Waals surface area contributed by atoms with Crippen molar-refractivity contribution in [3.63, 3.8) is 0 Å². The first kappa shape index (κ1) is 23.5. The number of hydrogen-bond donors (Lipinski definition) is 3. The van der Waals surface area contributed by atoms with Gasteiger partial charge in [0, 0.05) is 31.6 Å². The van der Waals surface area contributed by atoms with E-state index >= 15 is 0 Å². The summed E-state index contributed by atoms with van der Waals surface area (Å²) in [7, 11) is 3.07. The van der Waals surface area contributed by atoms with Crippen molar-refractivity contribution in [3.05, 3.63) is 53.7 Å². The zero-order valence-electron chi connectivity index (χ0n) is 19.6. The van der Waals surface area contributed by atoms with Gasteiger partial charge < -0.3 is 29.6 Å². The number of carbonyl (C=O) groups excluding carboxylic acids is 2. The van der Waals surface area contributed by atoms with Gasteiger partial charge in [-0.25, -0.2) is 4.98 Å². The number of hydrogen-bond acceptors (Lipinski definition) is 7. The summed E-state index contributed by atoms with van der Waals surface area (Å²) >= 11 is 0. The van der Waals surface area contributed by atoms with Crippen LogP contribution >= 0.6 is 0 Å². The topological polar surface area (TPSA) is 134 Å². The molecule has 1 aliphatic rings. The fourth-order valence-corrected chi connectivity index (χ4v) is 4.34. The average molecular weight is 468 g/mol. The lowest BCUT2D eigenvalue weighted by Gasteiger charge is -2.28. The molecule has 2 amide bonds. The molecule has 10 nitrogen and oxygen atoms in total. The highest BCUT2D eigenvalue weighted by atomic mass is 16.5. The van der Waals surface area contributed by atoms with E-state index < -0.39 is 18.1 Å². The third kappa shape index (κ3) is 4.54. The maximum absolute atomic E-state index is 13.6. The number of amides is 2. The van der Waals surface area contributed by atoms with E-state index in [4.69, 9.17) is 9.26 Å². The number of aromatic amines is 1. The van der Waals surface area contributed by atoms with E-state index in [0.29, 0.717) is 29.4 Å². The van der Waals surface area contributed by atoms with Crippen LogP contribution in [0.2, 0.25) is 0 Å². The van der Waals surface area contributed by atoms with E-state index in [1.54, 1.807) is 36.3 Å². The highest BCUT2D eigenvalue weighted by molar-refractivity contribution is 5.94. The molecule has 34 heavy (non-hydrogen) atoms. The van der Waals surface area contributed by atoms with E-state index in [9.17, 15) is 14.7 Å². The SMILES string of the molecule is CNC(=O)c1ccc(-c2cnc([C@@H]3C[C@@H](O)CN3C(=O)C(c3cc(OC)no3)C(C)C)[nH]2)cc1. The highest BCUT2D eigenvalue weighted by Crippen LogP contribution is 2.37. The Bertz CT molecular complexity index is 1150.